The second-order valence-corrected chi connectivity index (χ2v) is 10.5. The van der Waals surface area contributed by atoms with Gasteiger partial charge in [0.25, 0.3) is 5.91 Å². The first kappa shape index (κ1) is 23.2. The van der Waals surface area contributed by atoms with Crippen LogP contribution in [-0.2, 0) is 10.0 Å². The maximum Gasteiger partial charge on any atom is 0.273 e. The molecule has 10 nitrogen and oxygen atoms in total. The molecule has 0 aromatic carbocycles. The first-order chi connectivity index (χ1) is 16.9. The molecule has 0 radical (unpaired) electrons. The van der Waals surface area contributed by atoms with E-state index in [1.54, 1.807) is 54.0 Å². The van der Waals surface area contributed by atoms with Gasteiger partial charge in [0.1, 0.15) is 5.69 Å². The summed E-state index contributed by atoms with van der Waals surface area (Å²) in [5, 5.41) is -0.314. The van der Waals surface area contributed by atoms with Crippen molar-refractivity contribution in [3.05, 3.63) is 60.4 Å². The molecular weight excluding hydrogens is 468 g/mol. The Labute approximate surface area is 203 Å². The number of nitrogens with zero attached hydrogens (tertiary/aromatic N) is 5. The van der Waals surface area contributed by atoms with E-state index in [1.165, 1.54) is 0 Å². The van der Waals surface area contributed by atoms with Crippen LogP contribution in [0, 0.1) is 0 Å². The van der Waals surface area contributed by atoms with E-state index < -0.39 is 10.0 Å². The summed E-state index contributed by atoms with van der Waals surface area (Å²) in [6.45, 7) is 2.94. The van der Waals surface area contributed by atoms with E-state index >= 15 is 0 Å². The van der Waals surface area contributed by atoms with Crippen LogP contribution in [0.2, 0.25) is 0 Å². The Morgan fingerprint density at radius 2 is 2.00 bits per heavy atom. The summed E-state index contributed by atoms with van der Waals surface area (Å²) in [4.78, 5) is 32.4. The average molecular weight is 495 g/mol. The van der Waals surface area contributed by atoms with Gasteiger partial charge < -0.3 is 9.64 Å². The molecule has 1 atom stereocenters. The highest BCUT2D eigenvalue weighted by atomic mass is 32.2. The molecule has 2 aliphatic rings. The molecule has 11 heteroatoms. The lowest BCUT2D eigenvalue weighted by Crippen LogP contribution is -2.31. The van der Waals surface area contributed by atoms with Crippen molar-refractivity contribution in [2.75, 3.05) is 17.9 Å². The maximum absolute atomic E-state index is 13.3. The Bertz CT molecular complexity index is 1330. The highest BCUT2D eigenvalue weighted by Crippen LogP contribution is 2.34. The van der Waals surface area contributed by atoms with Crippen molar-refractivity contribution in [3.8, 4) is 17.1 Å². The third-order valence-electron chi connectivity index (χ3n) is 6.04. The smallest absolute Gasteiger partial charge is 0.273 e. The Hall–Kier alpha value is -3.60. The van der Waals surface area contributed by atoms with Gasteiger partial charge in [-0.15, -0.1) is 0 Å². The van der Waals surface area contributed by atoms with Crippen LogP contribution in [0.4, 0.5) is 5.69 Å². The molecule has 1 amide bonds. The van der Waals surface area contributed by atoms with E-state index in [9.17, 15) is 13.2 Å². The van der Waals surface area contributed by atoms with E-state index in [-0.39, 0.29) is 17.2 Å². The van der Waals surface area contributed by atoms with Gasteiger partial charge in [-0.25, -0.2) is 13.4 Å². The van der Waals surface area contributed by atoms with Crippen molar-refractivity contribution in [1.82, 2.24) is 24.8 Å². The summed E-state index contributed by atoms with van der Waals surface area (Å²) in [6, 6.07) is 6.57. The SMILES string of the molecule is CCOc1cncc(-c2ccc(C(=O)N3CCC[C@@H]3c3cc(NS(=O)(=O)C4CC4)ccn3)nc2)n1. The van der Waals surface area contributed by atoms with Gasteiger partial charge >= 0.3 is 0 Å². The van der Waals surface area contributed by atoms with Gasteiger partial charge in [0.2, 0.25) is 15.9 Å². The highest BCUT2D eigenvalue weighted by molar-refractivity contribution is 7.93. The molecule has 1 aliphatic carbocycles. The number of nitrogens with one attached hydrogen (secondary N) is 1. The molecule has 4 heterocycles. The van der Waals surface area contributed by atoms with Crippen LogP contribution in [0.3, 0.4) is 0 Å². The molecule has 5 rings (SSSR count). The lowest BCUT2D eigenvalue weighted by molar-refractivity contribution is 0.0727. The number of sulfonamides is 1. The summed E-state index contributed by atoms with van der Waals surface area (Å²) < 4.78 is 32.7. The van der Waals surface area contributed by atoms with Gasteiger partial charge in [-0.05, 0) is 56.9 Å². The number of pyridine rings is 2. The van der Waals surface area contributed by atoms with Crippen molar-refractivity contribution >= 4 is 21.6 Å². The molecule has 1 saturated heterocycles. The summed E-state index contributed by atoms with van der Waals surface area (Å²) in [7, 11) is -3.37. The zero-order valence-electron chi connectivity index (χ0n) is 19.3. The van der Waals surface area contributed by atoms with Crippen LogP contribution in [0.1, 0.15) is 54.8 Å². The largest absolute Gasteiger partial charge is 0.477 e. The molecular formula is C24H26N6O4S. The number of carbonyl (C=O) groups is 1. The van der Waals surface area contributed by atoms with Gasteiger partial charge in [-0.3, -0.25) is 24.5 Å². The van der Waals surface area contributed by atoms with E-state index in [0.29, 0.717) is 54.6 Å². The second-order valence-electron chi connectivity index (χ2n) is 8.58. The molecule has 0 bridgehead atoms. The summed E-state index contributed by atoms with van der Waals surface area (Å²) >= 11 is 0. The first-order valence-electron chi connectivity index (χ1n) is 11.6. The van der Waals surface area contributed by atoms with Gasteiger partial charge in [0, 0.05) is 24.5 Å². The topological polar surface area (TPSA) is 127 Å². The quantitative estimate of drug-likeness (QED) is 0.506. The minimum atomic E-state index is -3.37. The molecule has 3 aromatic heterocycles. The fourth-order valence-corrected chi connectivity index (χ4v) is 5.54. The highest BCUT2D eigenvalue weighted by Gasteiger charge is 2.36. The number of carbonyl (C=O) groups excluding carboxylic acids is 1. The number of rotatable bonds is 8. The number of aromatic nitrogens is 4. The third-order valence-corrected chi connectivity index (χ3v) is 7.91. The molecule has 0 unspecified atom stereocenters. The normalized spacial score (nSPS) is 17.9. The first-order valence-corrected chi connectivity index (χ1v) is 13.2. The molecule has 1 N–H and O–H groups in total. The molecule has 2 fully saturated rings. The number of hydrogen-bond acceptors (Lipinski definition) is 8. The van der Waals surface area contributed by atoms with E-state index in [0.717, 1.165) is 18.4 Å². The number of ether oxygens (including phenoxy) is 1. The molecule has 35 heavy (non-hydrogen) atoms. The van der Waals surface area contributed by atoms with Gasteiger partial charge in [0.05, 0.1) is 47.4 Å². The zero-order chi connectivity index (χ0) is 24.4. The zero-order valence-corrected chi connectivity index (χ0v) is 20.1. The van der Waals surface area contributed by atoms with Crippen molar-refractivity contribution in [3.63, 3.8) is 0 Å². The van der Waals surface area contributed by atoms with E-state index in [2.05, 4.69) is 24.7 Å². The minimum Gasteiger partial charge on any atom is -0.477 e. The van der Waals surface area contributed by atoms with Crippen molar-refractivity contribution in [2.24, 2.45) is 0 Å². The van der Waals surface area contributed by atoms with Gasteiger partial charge in [-0.2, -0.15) is 0 Å². The number of amides is 1. The van der Waals surface area contributed by atoms with E-state index in [1.807, 2.05) is 6.92 Å². The fraction of sp³-hybridized carbons (Fsp3) is 0.375. The standard InChI is InChI=1S/C24H26N6O4S/c1-2-34-23-15-25-14-21(28-23)16-5-8-19(27-13-16)24(31)30-11-3-4-22(30)20-12-17(9-10-26-20)29-35(32,33)18-6-7-18/h5,8-10,12-15,18,22H,2-4,6-7,11H2,1H3,(H,26,29)/t22-/m1/s1. The second kappa shape index (κ2) is 9.57. The Balaban J connectivity index is 1.32. The molecule has 1 saturated carbocycles. The number of likely N-dealkylation sites (tertiary alicyclic amines) is 1. The predicted octanol–water partition coefficient (Wildman–Crippen LogP) is 3.21. The van der Waals surface area contributed by atoms with Gasteiger partial charge in [-0.1, -0.05) is 0 Å². The average Bonchev–Trinajstić information content (AvgIpc) is 3.62. The van der Waals surface area contributed by atoms with Crippen LogP contribution in [0.15, 0.2) is 49.1 Å². The fourth-order valence-electron chi connectivity index (χ4n) is 4.16. The molecule has 0 spiro atoms. The number of anilines is 1. The number of hydrogen-bond donors (Lipinski definition) is 1. The summed E-state index contributed by atoms with van der Waals surface area (Å²) in [6.07, 6.45) is 9.29. The van der Waals surface area contributed by atoms with Crippen LogP contribution in [0.25, 0.3) is 11.3 Å². The van der Waals surface area contributed by atoms with Crippen molar-refractivity contribution < 1.29 is 17.9 Å². The van der Waals surface area contributed by atoms with Gasteiger partial charge in [0.15, 0.2) is 0 Å². The lowest BCUT2D eigenvalue weighted by atomic mass is 10.1. The van der Waals surface area contributed by atoms with Crippen LogP contribution < -0.4 is 9.46 Å². The molecule has 1 aliphatic heterocycles. The minimum absolute atomic E-state index is 0.195. The Kier molecular flexibility index (Phi) is 6.33. The van der Waals surface area contributed by atoms with Crippen LogP contribution in [-0.4, -0.2) is 57.6 Å². The maximum atomic E-state index is 13.3. The van der Waals surface area contributed by atoms with Crippen molar-refractivity contribution in [1.29, 1.82) is 0 Å². The predicted molar refractivity (Wildman–Crippen MR) is 129 cm³/mol. The summed E-state index contributed by atoms with van der Waals surface area (Å²) in [5.41, 5.74) is 2.78. The molecule has 182 valence electrons. The van der Waals surface area contributed by atoms with Crippen LogP contribution in [0.5, 0.6) is 5.88 Å². The summed E-state index contributed by atoms with van der Waals surface area (Å²) in [5.74, 6) is 0.234. The van der Waals surface area contributed by atoms with Crippen molar-refractivity contribution in [2.45, 2.75) is 43.9 Å². The lowest BCUT2D eigenvalue weighted by Gasteiger charge is -2.24. The third kappa shape index (κ3) is 5.09. The van der Waals surface area contributed by atoms with E-state index in [4.69, 9.17) is 4.74 Å². The Morgan fingerprint density at radius 3 is 2.74 bits per heavy atom. The van der Waals surface area contributed by atoms with Crippen LogP contribution >= 0.6 is 0 Å². The monoisotopic (exact) mass is 494 g/mol. The Morgan fingerprint density at radius 1 is 1.14 bits per heavy atom. The molecule has 3 aromatic rings.